The molecule has 1 aromatic carbocycles. The summed E-state index contributed by atoms with van der Waals surface area (Å²) < 4.78 is 0. The predicted molar refractivity (Wildman–Crippen MR) is 112 cm³/mol. The Morgan fingerprint density at radius 2 is 1.83 bits per heavy atom. The van der Waals surface area contributed by atoms with Gasteiger partial charge in [-0.1, -0.05) is 34.4 Å². The molecule has 0 saturated carbocycles. The number of halogens is 2. The van der Waals surface area contributed by atoms with Gasteiger partial charge in [0.2, 0.25) is 0 Å². The van der Waals surface area contributed by atoms with Gasteiger partial charge in [0.05, 0.1) is 10.0 Å². The minimum atomic E-state index is -1.26. The van der Waals surface area contributed by atoms with Crippen molar-refractivity contribution in [3.8, 4) is 0 Å². The van der Waals surface area contributed by atoms with Crippen LogP contribution in [-0.4, -0.2) is 59.5 Å². The largest absolute Gasteiger partial charge is 0.478 e. The van der Waals surface area contributed by atoms with E-state index in [1.807, 2.05) is 18.3 Å². The third kappa shape index (κ3) is 6.19. The highest BCUT2D eigenvalue weighted by molar-refractivity contribution is 6.42. The maximum atomic E-state index is 9.55. The number of benzene rings is 1. The Hall–Kier alpha value is -2.09. The van der Waals surface area contributed by atoms with Gasteiger partial charge in [0, 0.05) is 36.4 Å². The number of hydrogen-bond donors (Lipinski definition) is 2. The van der Waals surface area contributed by atoms with Crippen molar-refractivity contribution >= 4 is 41.4 Å². The SMILES string of the molecule is CO/N=C/[C@@H]1[C@H]2CC[C@@H](C[C@H]1c1ccc(Cl)c(Cl)c1)N2C.O=C(O)/C=C\C(=O)O. The number of rotatable bonds is 5. The molecule has 0 unspecified atom stereocenters. The van der Waals surface area contributed by atoms with Crippen molar-refractivity contribution in [1.29, 1.82) is 0 Å². The maximum absolute atomic E-state index is 9.55. The van der Waals surface area contributed by atoms with Crippen LogP contribution in [-0.2, 0) is 14.4 Å². The van der Waals surface area contributed by atoms with Crippen LogP contribution in [0.4, 0.5) is 0 Å². The van der Waals surface area contributed by atoms with Crippen molar-refractivity contribution in [1.82, 2.24) is 4.90 Å². The molecule has 9 heteroatoms. The lowest BCUT2D eigenvalue weighted by Crippen LogP contribution is -2.46. The van der Waals surface area contributed by atoms with Crippen LogP contribution in [0, 0.1) is 5.92 Å². The Morgan fingerprint density at radius 3 is 2.38 bits per heavy atom. The van der Waals surface area contributed by atoms with Crippen molar-refractivity contribution < 1.29 is 24.6 Å². The van der Waals surface area contributed by atoms with E-state index in [0.717, 1.165) is 6.42 Å². The third-order valence-electron chi connectivity index (χ3n) is 5.41. The highest BCUT2D eigenvalue weighted by Gasteiger charge is 2.45. The molecule has 2 fully saturated rings. The predicted octanol–water partition coefficient (Wildman–Crippen LogP) is 3.90. The van der Waals surface area contributed by atoms with Crippen molar-refractivity contribution in [3.63, 3.8) is 0 Å². The molecule has 2 aliphatic rings. The van der Waals surface area contributed by atoms with Crippen LogP contribution in [0.15, 0.2) is 35.5 Å². The molecule has 0 aromatic heterocycles. The van der Waals surface area contributed by atoms with Crippen LogP contribution >= 0.6 is 23.2 Å². The number of fused-ring (bicyclic) bond motifs is 2. The van der Waals surface area contributed by atoms with Crippen LogP contribution < -0.4 is 0 Å². The third-order valence-corrected chi connectivity index (χ3v) is 6.15. The standard InChI is InChI=1S/C16H20Cl2N2O.C4H4O4/c1-20-11-4-6-16(20)13(9-19-21-2)12(8-11)10-3-5-14(17)15(18)7-10;5-3(6)1-2-4(7)8/h3,5,7,9,11-13,16H,4,6,8H2,1-2H3;1-2H,(H,5,6)(H,7,8)/b19-9+;2-1-/t11-,12-,13-,16+;/m0./s1. The molecule has 0 radical (unpaired) electrons. The number of aliphatic carboxylic acids is 2. The van der Waals surface area contributed by atoms with E-state index >= 15 is 0 Å². The van der Waals surface area contributed by atoms with E-state index in [9.17, 15) is 9.59 Å². The van der Waals surface area contributed by atoms with Crippen LogP contribution in [0.2, 0.25) is 10.0 Å². The minimum Gasteiger partial charge on any atom is -0.478 e. The minimum absolute atomic E-state index is 0.353. The molecule has 2 N–H and O–H groups in total. The summed E-state index contributed by atoms with van der Waals surface area (Å²) in [5, 5.41) is 20.9. The Labute approximate surface area is 179 Å². The smallest absolute Gasteiger partial charge is 0.328 e. The van der Waals surface area contributed by atoms with E-state index in [1.54, 1.807) is 7.11 Å². The van der Waals surface area contributed by atoms with E-state index in [0.29, 0.717) is 46.1 Å². The zero-order valence-electron chi connectivity index (χ0n) is 16.2. The van der Waals surface area contributed by atoms with Gasteiger partial charge >= 0.3 is 11.9 Å². The average Bonchev–Trinajstić information content (AvgIpc) is 2.91. The lowest BCUT2D eigenvalue weighted by Gasteiger charge is -2.41. The molecule has 29 heavy (non-hydrogen) atoms. The van der Waals surface area contributed by atoms with Crippen LogP contribution in [0.1, 0.15) is 30.7 Å². The first kappa shape index (κ1) is 23.2. The fourth-order valence-electron chi connectivity index (χ4n) is 4.09. The molecule has 2 heterocycles. The summed E-state index contributed by atoms with van der Waals surface area (Å²) in [6.45, 7) is 0. The zero-order valence-corrected chi connectivity index (χ0v) is 17.7. The van der Waals surface area contributed by atoms with Gasteiger partial charge in [-0.05, 0) is 49.9 Å². The molecule has 0 aliphatic carbocycles. The van der Waals surface area contributed by atoms with Gasteiger partial charge in [-0.2, -0.15) is 0 Å². The lowest BCUT2D eigenvalue weighted by molar-refractivity contribution is -0.134. The van der Waals surface area contributed by atoms with Crippen molar-refractivity contribution in [2.75, 3.05) is 14.2 Å². The monoisotopic (exact) mass is 442 g/mol. The van der Waals surface area contributed by atoms with Crippen molar-refractivity contribution in [3.05, 3.63) is 46.0 Å². The molecular formula is C20H24Cl2N2O5. The Bertz CT molecular complexity index is 783. The molecule has 4 atom stereocenters. The molecule has 2 aliphatic heterocycles. The Kier molecular flexibility index (Phi) is 8.49. The number of oxime groups is 1. The number of carbonyl (C=O) groups is 2. The fourth-order valence-corrected chi connectivity index (χ4v) is 4.39. The first-order valence-corrected chi connectivity index (χ1v) is 9.87. The molecule has 1 aromatic rings. The highest BCUT2D eigenvalue weighted by atomic mass is 35.5. The van der Waals surface area contributed by atoms with Crippen molar-refractivity contribution in [2.24, 2.45) is 11.1 Å². The van der Waals surface area contributed by atoms with Gasteiger partial charge in [0.1, 0.15) is 7.11 Å². The summed E-state index contributed by atoms with van der Waals surface area (Å²) in [6.07, 6.45) is 6.70. The van der Waals surface area contributed by atoms with Gasteiger partial charge in [-0.3, -0.25) is 4.90 Å². The second kappa shape index (κ2) is 10.6. The average molecular weight is 443 g/mol. The van der Waals surface area contributed by atoms with Gasteiger partial charge in [0.15, 0.2) is 0 Å². The molecule has 0 spiro atoms. The van der Waals surface area contributed by atoms with Gasteiger partial charge < -0.3 is 15.1 Å². The summed E-state index contributed by atoms with van der Waals surface area (Å²) in [7, 11) is 3.82. The van der Waals surface area contributed by atoms with Gasteiger partial charge in [-0.25, -0.2) is 9.59 Å². The topological polar surface area (TPSA) is 99.4 Å². The van der Waals surface area contributed by atoms with E-state index in [4.69, 9.17) is 38.3 Å². The van der Waals surface area contributed by atoms with Crippen LogP contribution in [0.3, 0.4) is 0 Å². The molecule has 158 valence electrons. The number of carboxylic acids is 2. The first-order valence-electron chi connectivity index (χ1n) is 9.12. The first-order chi connectivity index (χ1) is 13.7. The number of carboxylic acid groups (broad SMARTS) is 2. The fraction of sp³-hybridized carbons (Fsp3) is 0.450. The second-order valence-electron chi connectivity index (χ2n) is 7.00. The highest BCUT2D eigenvalue weighted by Crippen LogP contribution is 2.46. The molecule has 0 amide bonds. The van der Waals surface area contributed by atoms with Crippen molar-refractivity contribution in [2.45, 2.75) is 37.3 Å². The maximum Gasteiger partial charge on any atom is 0.328 e. The van der Waals surface area contributed by atoms with Crippen LogP contribution in [0.5, 0.6) is 0 Å². The normalized spacial score (nSPS) is 26.3. The van der Waals surface area contributed by atoms with E-state index < -0.39 is 11.9 Å². The van der Waals surface area contributed by atoms with Crippen LogP contribution in [0.25, 0.3) is 0 Å². The summed E-state index contributed by atoms with van der Waals surface area (Å²) in [6, 6.07) is 7.18. The number of nitrogens with zero attached hydrogens (tertiary/aromatic N) is 2. The van der Waals surface area contributed by atoms with E-state index in [-0.39, 0.29) is 0 Å². The van der Waals surface area contributed by atoms with Gasteiger partial charge in [0.25, 0.3) is 0 Å². The Balaban J connectivity index is 0.000000321. The molecule has 7 nitrogen and oxygen atoms in total. The quantitative estimate of drug-likeness (QED) is 0.407. The Morgan fingerprint density at radius 1 is 1.17 bits per heavy atom. The summed E-state index contributed by atoms with van der Waals surface area (Å²) in [4.78, 5) is 26.5. The number of hydrogen-bond acceptors (Lipinski definition) is 5. The molecule has 3 rings (SSSR count). The number of piperidine rings is 1. The van der Waals surface area contributed by atoms with E-state index in [2.05, 4.69) is 23.2 Å². The zero-order chi connectivity index (χ0) is 21.6. The molecule has 2 saturated heterocycles. The molecular weight excluding hydrogens is 419 g/mol. The summed E-state index contributed by atoms with van der Waals surface area (Å²) in [5.74, 6) is -1.74. The van der Waals surface area contributed by atoms with Gasteiger partial charge in [-0.15, -0.1) is 0 Å². The summed E-state index contributed by atoms with van der Waals surface area (Å²) >= 11 is 12.2. The molecule has 2 bridgehead atoms. The summed E-state index contributed by atoms with van der Waals surface area (Å²) in [5.41, 5.74) is 1.25. The second-order valence-corrected chi connectivity index (χ2v) is 7.82. The van der Waals surface area contributed by atoms with E-state index in [1.165, 1.54) is 18.4 Å². The lowest BCUT2D eigenvalue weighted by atomic mass is 9.77.